The maximum absolute atomic E-state index is 10.7. The number of fused-ring (bicyclic) bond motifs is 1. The van der Waals surface area contributed by atoms with Crippen LogP contribution in [0.4, 0.5) is 0 Å². The number of carboxylic acid groups (broad SMARTS) is 1. The Morgan fingerprint density at radius 2 is 2.42 bits per heavy atom. The first-order chi connectivity index (χ1) is 5.77. The Balaban J connectivity index is 2.12. The zero-order valence-corrected chi connectivity index (χ0v) is 6.86. The van der Waals surface area contributed by atoms with E-state index in [0.29, 0.717) is 5.92 Å². The zero-order chi connectivity index (χ0) is 8.55. The lowest BCUT2D eigenvalue weighted by Gasteiger charge is -2.11. The average molecular weight is 164 g/mol. The van der Waals surface area contributed by atoms with Gasteiger partial charge in [0.05, 0.1) is 5.92 Å². The molecule has 0 aliphatic heterocycles. The third kappa shape index (κ3) is 1.17. The molecule has 2 heteroatoms. The van der Waals surface area contributed by atoms with Crippen LogP contribution in [-0.4, -0.2) is 11.1 Å². The van der Waals surface area contributed by atoms with Gasteiger partial charge in [-0.15, -0.1) is 0 Å². The highest BCUT2D eigenvalue weighted by Crippen LogP contribution is 2.39. The van der Waals surface area contributed by atoms with Crippen LogP contribution in [0.1, 0.15) is 19.3 Å². The standard InChI is InChI=1S/C10H12O2/c11-10(12)9-5-7-3-1-2-4-8(7)6-9/h1-3,8-9H,4-6H2,(H,11,12). The minimum absolute atomic E-state index is 0.124. The molecule has 0 aromatic carbocycles. The van der Waals surface area contributed by atoms with E-state index in [1.165, 1.54) is 5.57 Å². The monoisotopic (exact) mass is 164 g/mol. The molecule has 0 amide bonds. The second-order valence-electron chi connectivity index (χ2n) is 3.58. The van der Waals surface area contributed by atoms with Crippen LogP contribution < -0.4 is 0 Å². The Labute approximate surface area is 71.6 Å². The second-order valence-corrected chi connectivity index (χ2v) is 3.58. The predicted molar refractivity (Wildman–Crippen MR) is 45.7 cm³/mol. The molecule has 1 fully saturated rings. The van der Waals surface area contributed by atoms with Crippen molar-refractivity contribution in [1.29, 1.82) is 0 Å². The Morgan fingerprint density at radius 3 is 3.08 bits per heavy atom. The Bertz CT molecular complexity index is 263. The van der Waals surface area contributed by atoms with E-state index in [1.54, 1.807) is 0 Å². The van der Waals surface area contributed by atoms with E-state index in [9.17, 15) is 4.79 Å². The van der Waals surface area contributed by atoms with E-state index in [0.717, 1.165) is 19.3 Å². The van der Waals surface area contributed by atoms with E-state index in [1.807, 2.05) is 6.08 Å². The van der Waals surface area contributed by atoms with Gasteiger partial charge in [-0.05, 0) is 25.2 Å². The molecule has 2 aliphatic rings. The Hall–Kier alpha value is -1.05. The van der Waals surface area contributed by atoms with E-state index in [4.69, 9.17) is 5.11 Å². The lowest BCUT2D eigenvalue weighted by atomic mass is 9.95. The van der Waals surface area contributed by atoms with Crippen LogP contribution in [0.2, 0.25) is 0 Å². The van der Waals surface area contributed by atoms with Gasteiger partial charge in [0, 0.05) is 0 Å². The second kappa shape index (κ2) is 2.77. The van der Waals surface area contributed by atoms with Crippen LogP contribution in [0.15, 0.2) is 23.8 Å². The first-order valence-corrected chi connectivity index (χ1v) is 4.36. The van der Waals surface area contributed by atoms with Crippen molar-refractivity contribution in [1.82, 2.24) is 0 Å². The van der Waals surface area contributed by atoms with Gasteiger partial charge in [0.1, 0.15) is 0 Å². The fourth-order valence-electron chi connectivity index (χ4n) is 2.10. The van der Waals surface area contributed by atoms with E-state index in [2.05, 4.69) is 12.2 Å². The molecule has 0 saturated heterocycles. The van der Waals surface area contributed by atoms with Crippen LogP contribution in [0.5, 0.6) is 0 Å². The van der Waals surface area contributed by atoms with Gasteiger partial charge in [0.2, 0.25) is 0 Å². The lowest BCUT2D eigenvalue weighted by Crippen LogP contribution is -2.09. The zero-order valence-electron chi connectivity index (χ0n) is 6.86. The summed E-state index contributed by atoms with van der Waals surface area (Å²) in [4.78, 5) is 10.7. The van der Waals surface area contributed by atoms with Crippen molar-refractivity contribution in [2.24, 2.45) is 11.8 Å². The molecule has 2 aliphatic carbocycles. The van der Waals surface area contributed by atoms with Crippen molar-refractivity contribution < 1.29 is 9.90 Å². The highest BCUT2D eigenvalue weighted by molar-refractivity contribution is 5.71. The van der Waals surface area contributed by atoms with Gasteiger partial charge in [-0.3, -0.25) is 4.79 Å². The predicted octanol–water partition coefficient (Wildman–Crippen LogP) is 1.98. The fraction of sp³-hybridized carbons (Fsp3) is 0.500. The Kier molecular flexibility index (Phi) is 1.75. The fourth-order valence-corrected chi connectivity index (χ4v) is 2.10. The number of aliphatic carboxylic acids is 1. The summed E-state index contributed by atoms with van der Waals surface area (Å²) in [6.07, 6.45) is 8.89. The van der Waals surface area contributed by atoms with Gasteiger partial charge in [-0.1, -0.05) is 23.8 Å². The summed E-state index contributed by atoms with van der Waals surface area (Å²) in [6.45, 7) is 0. The van der Waals surface area contributed by atoms with Gasteiger partial charge in [-0.25, -0.2) is 0 Å². The first kappa shape index (κ1) is 7.59. The van der Waals surface area contributed by atoms with Gasteiger partial charge in [0.15, 0.2) is 0 Å². The van der Waals surface area contributed by atoms with E-state index < -0.39 is 5.97 Å². The largest absolute Gasteiger partial charge is 0.481 e. The molecule has 2 atom stereocenters. The van der Waals surface area contributed by atoms with Crippen LogP contribution in [0.3, 0.4) is 0 Å². The van der Waals surface area contributed by atoms with Crippen molar-refractivity contribution in [2.45, 2.75) is 19.3 Å². The molecule has 0 aromatic rings. The summed E-state index contributed by atoms with van der Waals surface area (Å²) in [5, 5.41) is 8.81. The molecule has 64 valence electrons. The lowest BCUT2D eigenvalue weighted by molar-refractivity contribution is -0.141. The summed E-state index contributed by atoms with van der Waals surface area (Å²) in [5.74, 6) is -0.234. The number of carbonyl (C=O) groups is 1. The van der Waals surface area contributed by atoms with E-state index in [-0.39, 0.29) is 5.92 Å². The van der Waals surface area contributed by atoms with Crippen LogP contribution in [0, 0.1) is 11.8 Å². The molecular formula is C10H12O2. The van der Waals surface area contributed by atoms with Gasteiger partial charge in [0.25, 0.3) is 0 Å². The van der Waals surface area contributed by atoms with Crippen LogP contribution in [0.25, 0.3) is 0 Å². The molecule has 2 nitrogen and oxygen atoms in total. The quantitative estimate of drug-likeness (QED) is 0.643. The average Bonchev–Trinajstić information content (AvgIpc) is 2.46. The van der Waals surface area contributed by atoms with Crippen molar-refractivity contribution in [3.05, 3.63) is 23.8 Å². The topological polar surface area (TPSA) is 37.3 Å². The summed E-state index contributed by atoms with van der Waals surface area (Å²) in [6, 6.07) is 0. The smallest absolute Gasteiger partial charge is 0.306 e. The molecule has 0 aromatic heterocycles. The summed E-state index contributed by atoms with van der Waals surface area (Å²) in [5.41, 5.74) is 1.34. The minimum Gasteiger partial charge on any atom is -0.481 e. The summed E-state index contributed by atoms with van der Waals surface area (Å²) >= 11 is 0. The molecule has 1 saturated carbocycles. The SMILES string of the molecule is O=C(O)C1CC2=CC=CCC2C1. The number of hydrogen-bond donors (Lipinski definition) is 1. The minimum atomic E-state index is -0.634. The van der Waals surface area contributed by atoms with Crippen molar-refractivity contribution in [2.75, 3.05) is 0 Å². The van der Waals surface area contributed by atoms with Crippen molar-refractivity contribution >= 4 is 5.97 Å². The van der Waals surface area contributed by atoms with Crippen molar-refractivity contribution in [3.8, 4) is 0 Å². The third-order valence-corrected chi connectivity index (χ3v) is 2.79. The van der Waals surface area contributed by atoms with E-state index >= 15 is 0 Å². The van der Waals surface area contributed by atoms with Crippen molar-refractivity contribution in [3.63, 3.8) is 0 Å². The molecule has 2 unspecified atom stereocenters. The molecule has 0 heterocycles. The third-order valence-electron chi connectivity index (χ3n) is 2.79. The first-order valence-electron chi connectivity index (χ1n) is 4.36. The molecule has 1 N–H and O–H groups in total. The molecule has 0 spiro atoms. The number of carboxylic acids is 1. The molecule has 12 heavy (non-hydrogen) atoms. The highest BCUT2D eigenvalue weighted by atomic mass is 16.4. The van der Waals surface area contributed by atoms with Gasteiger partial charge in [-0.2, -0.15) is 0 Å². The number of hydrogen-bond acceptors (Lipinski definition) is 1. The maximum atomic E-state index is 10.7. The molecule has 0 radical (unpaired) electrons. The normalized spacial score (nSPS) is 32.8. The number of allylic oxidation sites excluding steroid dienone is 4. The summed E-state index contributed by atoms with van der Waals surface area (Å²) < 4.78 is 0. The van der Waals surface area contributed by atoms with Gasteiger partial charge < -0.3 is 5.11 Å². The highest BCUT2D eigenvalue weighted by Gasteiger charge is 2.33. The molecular weight excluding hydrogens is 152 g/mol. The maximum Gasteiger partial charge on any atom is 0.306 e. The van der Waals surface area contributed by atoms with Gasteiger partial charge >= 0.3 is 5.97 Å². The summed E-state index contributed by atoms with van der Waals surface area (Å²) in [7, 11) is 0. The molecule has 0 bridgehead atoms. The van der Waals surface area contributed by atoms with Crippen LogP contribution in [-0.2, 0) is 4.79 Å². The van der Waals surface area contributed by atoms with Crippen LogP contribution >= 0.6 is 0 Å². The Morgan fingerprint density at radius 1 is 1.58 bits per heavy atom. The molecule has 2 rings (SSSR count). The number of rotatable bonds is 1.